The van der Waals surface area contributed by atoms with E-state index in [4.69, 9.17) is 13.9 Å². The van der Waals surface area contributed by atoms with Gasteiger partial charge in [-0.15, -0.1) is 0 Å². The van der Waals surface area contributed by atoms with Crippen molar-refractivity contribution in [1.82, 2.24) is 9.88 Å². The van der Waals surface area contributed by atoms with Crippen molar-refractivity contribution in [1.29, 1.82) is 0 Å². The molecule has 0 N–H and O–H groups in total. The maximum absolute atomic E-state index is 12.9. The van der Waals surface area contributed by atoms with Crippen molar-refractivity contribution in [3.63, 3.8) is 0 Å². The highest BCUT2D eigenvalue weighted by Gasteiger charge is 2.45. The summed E-state index contributed by atoms with van der Waals surface area (Å²) in [5.74, 6) is 0.691. The van der Waals surface area contributed by atoms with Crippen LogP contribution in [-0.4, -0.2) is 47.2 Å². The van der Waals surface area contributed by atoms with Gasteiger partial charge in [-0.1, -0.05) is 0 Å². The molecule has 1 amide bonds. The topological polar surface area (TPSA) is 64.8 Å². The van der Waals surface area contributed by atoms with Gasteiger partial charge in [-0.3, -0.25) is 9.78 Å². The smallest absolute Gasteiger partial charge is 0.257 e. The molecule has 0 spiro atoms. The van der Waals surface area contributed by atoms with Crippen molar-refractivity contribution in [2.75, 3.05) is 13.2 Å². The van der Waals surface area contributed by atoms with Crippen LogP contribution < -0.4 is 0 Å². The summed E-state index contributed by atoms with van der Waals surface area (Å²) in [7, 11) is 0. The number of aromatic nitrogens is 1. The molecule has 25 heavy (non-hydrogen) atoms. The van der Waals surface area contributed by atoms with Crippen LogP contribution in [0.5, 0.6) is 0 Å². The van der Waals surface area contributed by atoms with E-state index in [9.17, 15) is 4.79 Å². The molecule has 0 unspecified atom stereocenters. The molecule has 0 radical (unpaired) electrons. The summed E-state index contributed by atoms with van der Waals surface area (Å²) in [6.45, 7) is 3.51. The summed E-state index contributed by atoms with van der Waals surface area (Å²) in [4.78, 5) is 18.8. The molecule has 1 saturated heterocycles. The molecule has 0 bridgehead atoms. The summed E-state index contributed by atoms with van der Waals surface area (Å²) >= 11 is 0. The van der Waals surface area contributed by atoms with E-state index >= 15 is 0 Å². The zero-order valence-electron chi connectivity index (χ0n) is 14.3. The Morgan fingerprint density at radius 1 is 1.32 bits per heavy atom. The predicted octanol–water partition coefficient (Wildman–Crippen LogP) is 2.57. The van der Waals surface area contributed by atoms with E-state index < -0.39 is 0 Å². The highest BCUT2D eigenvalue weighted by atomic mass is 16.5. The number of carbonyl (C=O) groups excluding carboxylic acids is 1. The van der Waals surface area contributed by atoms with Crippen molar-refractivity contribution < 1.29 is 18.7 Å². The Morgan fingerprint density at radius 3 is 2.92 bits per heavy atom. The number of carbonyl (C=O) groups is 1. The van der Waals surface area contributed by atoms with Crippen LogP contribution in [0.25, 0.3) is 0 Å². The highest BCUT2D eigenvalue weighted by molar-refractivity contribution is 5.95. The zero-order valence-corrected chi connectivity index (χ0v) is 14.3. The number of furan rings is 1. The van der Waals surface area contributed by atoms with Crippen LogP contribution in [0, 0.1) is 6.92 Å². The van der Waals surface area contributed by atoms with Gasteiger partial charge in [-0.25, -0.2) is 0 Å². The lowest BCUT2D eigenvalue weighted by Gasteiger charge is -2.39. The third-order valence-electron chi connectivity index (χ3n) is 5.10. The number of amides is 1. The molecule has 3 heterocycles. The number of ether oxygens (including phenoxy) is 2. The SMILES string of the molecule is Cc1occc1C(=O)N1CCO[C@H]2[C@H](OCc3ccncc3)CC[C@@H]21. The minimum atomic E-state index is -0.0632. The Labute approximate surface area is 146 Å². The van der Waals surface area contributed by atoms with Crippen LogP contribution in [0.15, 0.2) is 41.3 Å². The van der Waals surface area contributed by atoms with Gasteiger partial charge in [0.1, 0.15) is 11.9 Å². The first-order chi connectivity index (χ1) is 12.2. The normalized spacial score (nSPS) is 25.8. The molecule has 4 rings (SSSR count). The molecular weight excluding hydrogens is 320 g/mol. The lowest BCUT2D eigenvalue weighted by molar-refractivity contribution is -0.108. The maximum Gasteiger partial charge on any atom is 0.257 e. The standard InChI is InChI=1S/C19H22N2O4/c1-13-15(6-10-23-13)19(22)21-9-11-24-18-16(21)2-3-17(18)25-12-14-4-7-20-8-5-14/h4-8,10,16-18H,2-3,9,11-12H2,1H3/t16-,17+,18+/m0/s1. The second kappa shape index (κ2) is 6.98. The minimum absolute atomic E-state index is 0.0132. The Morgan fingerprint density at radius 2 is 2.16 bits per heavy atom. The van der Waals surface area contributed by atoms with Gasteiger partial charge < -0.3 is 18.8 Å². The number of nitrogens with zero attached hydrogens (tertiary/aromatic N) is 2. The van der Waals surface area contributed by atoms with Crippen LogP contribution in [0.2, 0.25) is 0 Å². The molecule has 1 saturated carbocycles. The summed E-state index contributed by atoms with van der Waals surface area (Å²) < 4.78 is 17.4. The molecule has 0 aromatic carbocycles. The Hall–Kier alpha value is -2.18. The first-order valence-electron chi connectivity index (χ1n) is 8.71. The second-order valence-corrected chi connectivity index (χ2v) is 6.57. The van der Waals surface area contributed by atoms with Crippen molar-refractivity contribution in [2.45, 2.75) is 44.6 Å². The molecule has 3 atom stereocenters. The summed E-state index contributed by atoms with van der Waals surface area (Å²) in [6, 6.07) is 5.71. The average molecular weight is 342 g/mol. The molecule has 1 aliphatic carbocycles. The highest BCUT2D eigenvalue weighted by Crippen LogP contribution is 2.33. The number of fused-ring (bicyclic) bond motifs is 1. The fraction of sp³-hybridized carbons (Fsp3) is 0.474. The van der Waals surface area contributed by atoms with E-state index in [1.165, 1.54) is 0 Å². The molecule has 2 aliphatic rings. The van der Waals surface area contributed by atoms with Crippen LogP contribution in [0.3, 0.4) is 0 Å². The number of hydrogen-bond acceptors (Lipinski definition) is 5. The van der Waals surface area contributed by atoms with E-state index in [0.717, 1.165) is 18.4 Å². The van der Waals surface area contributed by atoms with Crippen molar-refractivity contribution >= 4 is 5.91 Å². The van der Waals surface area contributed by atoms with Gasteiger partial charge in [-0.2, -0.15) is 0 Å². The summed E-state index contributed by atoms with van der Waals surface area (Å²) in [5.41, 5.74) is 1.73. The van der Waals surface area contributed by atoms with E-state index in [1.54, 1.807) is 24.7 Å². The lowest BCUT2D eigenvalue weighted by atomic mass is 10.1. The molecule has 132 valence electrons. The van der Waals surface area contributed by atoms with Crippen LogP contribution >= 0.6 is 0 Å². The third kappa shape index (κ3) is 3.19. The monoisotopic (exact) mass is 342 g/mol. The fourth-order valence-corrected chi connectivity index (χ4v) is 3.79. The Bertz CT molecular complexity index is 730. The van der Waals surface area contributed by atoms with E-state index in [-0.39, 0.29) is 24.2 Å². The first kappa shape index (κ1) is 16.3. The van der Waals surface area contributed by atoms with Gasteiger partial charge in [0.15, 0.2) is 0 Å². The molecule has 2 fully saturated rings. The molecule has 1 aliphatic heterocycles. The van der Waals surface area contributed by atoms with E-state index in [2.05, 4.69) is 4.98 Å². The molecule has 6 heteroatoms. The number of morpholine rings is 1. The Kier molecular flexibility index (Phi) is 4.55. The zero-order chi connectivity index (χ0) is 17.2. The summed E-state index contributed by atoms with van der Waals surface area (Å²) in [5, 5.41) is 0. The number of pyridine rings is 1. The second-order valence-electron chi connectivity index (χ2n) is 6.57. The van der Waals surface area contributed by atoms with Gasteiger partial charge in [0, 0.05) is 18.9 Å². The molecular formula is C19H22N2O4. The molecule has 6 nitrogen and oxygen atoms in total. The molecule has 2 aromatic heterocycles. The number of hydrogen-bond donors (Lipinski definition) is 0. The first-order valence-corrected chi connectivity index (χ1v) is 8.71. The lowest BCUT2D eigenvalue weighted by Crippen LogP contribution is -2.53. The number of aryl methyl sites for hydroxylation is 1. The predicted molar refractivity (Wildman–Crippen MR) is 90.1 cm³/mol. The van der Waals surface area contributed by atoms with Crippen molar-refractivity contribution in [3.05, 3.63) is 53.7 Å². The summed E-state index contributed by atoms with van der Waals surface area (Å²) in [6.07, 6.45) is 6.84. The third-order valence-corrected chi connectivity index (χ3v) is 5.10. The van der Waals surface area contributed by atoms with Crippen LogP contribution in [-0.2, 0) is 16.1 Å². The van der Waals surface area contributed by atoms with Crippen molar-refractivity contribution in [2.24, 2.45) is 0 Å². The quantitative estimate of drug-likeness (QED) is 0.854. The fourth-order valence-electron chi connectivity index (χ4n) is 3.79. The molecule has 2 aromatic rings. The maximum atomic E-state index is 12.9. The van der Waals surface area contributed by atoms with Gasteiger partial charge in [0.2, 0.25) is 0 Å². The Balaban J connectivity index is 1.43. The van der Waals surface area contributed by atoms with E-state index in [1.807, 2.05) is 24.0 Å². The largest absolute Gasteiger partial charge is 0.469 e. The minimum Gasteiger partial charge on any atom is -0.469 e. The van der Waals surface area contributed by atoms with Crippen LogP contribution in [0.4, 0.5) is 0 Å². The average Bonchev–Trinajstić information content (AvgIpc) is 3.26. The van der Waals surface area contributed by atoms with Crippen molar-refractivity contribution in [3.8, 4) is 0 Å². The van der Waals surface area contributed by atoms with Gasteiger partial charge in [-0.05, 0) is 43.5 Å². The number of rotatable bonds is 4. The van der Waals surface area contributed by atoms with E-state index in [0.29, 0.717) is 31.1 Å². The van der Waals surface area contributed by atoms with Gasteiger partial charge in [0.05, 0.1) is 37.2 Å². The van der Waals surface area contributed by atoms with Crippen LogP contribution in [0.1, 0.15) is 34.5 Å². The van der Waals surface area contributed by atoms with Gasteiger partial charge in [0.25, 0.3) is 5.91 Å². The van der Waals surface area contributed by atoms with Gasteiger partial charge >= 0.3 is 0 Å².